The summed E-state index contributed by atoms with van der Waals surface area (Å²) in [7, 11) is -25.5. The maximum atomic E-state index is 12.8. The molecule has 0 radical (unpaired) electrons. The number of hydrogen-bond acceptors (Lipinski definition) is 25. The number of amidine groups is 1. The Balaban J connectivity index is 1.23. The Morgan fingerprint density at radius 2 is 0.974 bits per heavy atom. The molecule has 0 aliphatic carbocycles. The smallest absolute Gasteiger partial charge is 0.338 e. The number of hydrogen-bond donors (Lipinski definition) is 12. The molecule has 0 bridgehead atoms. The van der Waals surface area contributed by atoms with Gasteiger partial charge in [0.2, 0.25) is 40.2 Å². The molecular formula is C38H28Cl2N14O18S5. The summed E-state index contributed by atoms with van der Waals surface area (Å²) in [5.41, 5.74) is -1.64. The van der Waals surface area contributed by atoms with E-state index in [0.29, 0.717) is 30.3 Å². The minimum absolute atomic E-state index is 0.0202. The minimum Gasteiger partial charge on any atom is -0.504 e. The van der Waals surface area contributed by atoms with Gasteiger partial charge in [-0.2, -0.15) is 77.1 Å². The molecule has 77 heavy (non-hydrogen) atoms. The number of halogens is 2. The van der Waals surface area contributed by atoms with E-state index >= 15 is 0 Å². The van der Waals surface area contributed by atoms with Crippen LogP contribution in [0.3, 0.4) is 0 Å². The van der Waals surface area contributed by atoms with Gasteiger partial charge in [-0.05, 0) is 83.9 Å². The number of anilines is 9. The first-order valence-corrected chi connectivity index (χ1v) is 27.9. The topological polar surface area (TPSA) is 504 Å². The molecule has 0 atom stereocenters. The van der Waals surface area contributed by atoms with Crippen LogP contribution >= 0.6 is 23.2 Å². The van der Waals surface area contributed by atoms with Gasteiger partial charge in [0.25, 0.3) is 50.6 Å². The molecule has 0 fully saturated rings. The third-order valence-electron chi connectivity index (χ3n) is 9.43. The third kappa shape index (κ3) is 14.4. The molecule has 32 nitrogen and oxygen atoms in total. The molecule has 0 saturated carbocycles. The number of nitrogens with one attached hydrogen (secondary N) is 5. The van der Waals surface area contributed by atoms with E-state index in [2.05, 4.69) is 71.9 Å². The second-order valence-electron chi connectivity index (χ2n) is 14.7. The highest BCUT2D eigenvalue weighted by Gasteiger charge is 2.27. The van der Waals surface area contributed by atoms with Gasteiger partial charge in [0.1, 0.15) is 21.2 Å². The van der Waals surface area contributed by atoms with Gasteiger partial charge in [0, 0.05) is 11.3 Å². The third-order valence-corrected chi connectivity index (χ3v) is 14.1. The monoisotopic (exact) mass is 1200 g/mol. The largest absolute Gasteiger partial charge is 0.504 e. The van der Waals surface area contributed by atoms with E-state index in [4.69, 9.17) is 23.2 Å². The average molecular weight is 1200 g/mol. The van der Waals surface area contributed by atoms with Crippen LogP contribution in [0.15, 0.2) is 137 Å². The molecule has 2 aromatic heterocycles. The van der Waals surface area contributed by atoms with Crippen LogP contribution in [0.25, 0.3) is 0 Å². The van der Waals surface area contributed by atoms with Crippen molar-refractivity contribution < 1.29 is 79.9 Å². The number of rotatable bonds is 18. The Hall–Kier alpha value is -8.21. The summed E-state index contributed by atoms with van der Waals surface area (Å²) in [5.74, 6) is -5.52. The number of azo groups is 1. The van der Waals surface area contributed by atoms with Gasteiger partial charge in [-0.25, -0.2) is 4.79 Å². The van der Waals surface area contributed by atoms with Crippen molar-refractivity contribution in [2.45, 2.75) is 24.5 Å². The summed E-state index contributed by atoms with van der Waals surface area (Å²) in [6.45, 7) is 0. The normalized spacial score (nSPS) is 12.5. The lowest BCUT2D eigenvalue weighted by Crippen LogP contribution is -2.12. The predicted octanol–water partition coefficient (Wildman–Crippen LogP) is 5.53. The fourth-order valence-corrected chi connectivity index (χ4v) is 9.34. The number of phenolic OH excluding ortho intramolecular Hbond substituents is 1. The van der Waals surface area contributed by atoms with E-state index in [-0.39, 0.29) is 11.3 Å². The highest BCUT2D eigenvalue weighted by Crippen LogP contribution is 2.38. The van der Waals surface area contributed by atoms with E-state index in [1.54, 1.807) is 6.07 Å². The highest BCUT2D eigenvalue weighted by molar-refractivity contribution is 7.87. The van der Waals surface area contributed by atoms with Crippen LogP contribution in [0, 0.1) is 0 Å². The number of carboxylic acid groups (broad SMARTS) is 1. The summed E-state index contributed by atoms with van der Waals surface area (Å²) in [4.78, 5) is 30.5. The molecule has 0 unspecified atom stereocenters. The van der Waals surface area contributed by atoms with Crippen molar-refractivity contribution in [1.29, 1.82) is 0 Å². The molecule has 0 amide bonds. The summed E-state index contributed by atoms with van der Waals surface area (Å²) in [5, 5.41) is 41.1. The summed E-state index contributed by atoms with van der Waals surface area (Å²) >= 11 is 12.2. The standard InChI is InChI=1S/C38H28Cl2N14O18S5/c39-33-45-35(41-18-7-4-8-19(11-18)73(58,59)60)49-36(46-33)42-24-15-29(77(70,71)72)25(16-28(24)76(67,68)69)43-37-47-34(40)48-38(50-37)44-26-13-21(75(64,65)66)14-27(30(26)55)52-54-31(17-5-2-1-3-6-17)53-51-23-10-9-20(74(61,62)63)12-22(23)32(56)57/h1-16,52,55H,(H,56,57)(H,58,59,60)(H,61,62,63)(H,64,65,66)(H,67,68,69)(H,70,71,72)(H2,41,42,45,46,49)(H2,43,44,47,48,50)/b53-51?,54-31+. The van der Waals surface area contributed by atoms with Crippen molar-refractivity contribution in [2.75, 3.05) is 26.7 Å². The molecule has 0 aliphatic rings. The number of aromatic hydroxyl groups is 1. The first-order valence-electron chi connectivity index (χ1n) is 19.9. The maximum Gasteiger partial charge on any atom is 0.338 e. The first-order chi connectivity index (χ1) is 35.8. The Morgan fingerprint density at radius 3 is 1.47 bits per heavy atom. The van der Waals surface area contributed by atoms with E-state index in [1.165, 1.54) is 36.4 Å². The SMILES string of the molecule is O=C(O)c1cc(S(=O)(=O)O)ccc1N=N/C(=N/Nc1cc(S(=O)(=O)O)cc(Nc2nc(Cl)nc(Nc3cc(S(=O)(=O)O)c(Nc4nc(Cl)nc(Nc5cccc(S(=O)(=O)O)c5)n4)cc3S(=O)(=O)O)n2)c1O)c1ccccc1. The number of hydrazone groups is 1. The van der Waals surface area contributed by atoms with Gasteiger partial charge in [-0.3, -0.25) is 28.2 Å². The Morgan fingerprint density at radius 1 is 0.494 bits per heavy atom. The zero-order valence-electron chi connectivity index (χ0n) is 37.2. The van der Waals surface area contributed by atoms with Gasteiger partial charge < -0.3 is 31.5 Å². The lowest BCUT2D eigenvalue weighted by atomic mass is 10.2. The van der Waals surface area contributed by atoms with Crippen LogP contribution in [0.2, 0.25) is 10.6 Å². The van der Waals surface area contributed by atoms with E-state index in [0.717, 1.165) is 24.3 Å². The number of carboxylic acids is 1. The molecular weight excluding hydrogens is 1170 g/mol. The number of carbonyl (C=O) groups is 1. The van der Waals surface area contributed by atoms with E-state index < -0.39 is 161 Å². The lowest BCUT2D eigenvalue weighted by Gasteiger charge is -2.16. The van der Waals surface area contributed by atoms with E-state index in [1.807, 2.05) is 0 Å². The minimum atomic E-state index is -5.42. The quantitative estimate of drug-likeness (QED) is 0.0125. The number of benzene rings is 5. The van der Waals surface area contributed by atoms with Crippen LogP contribution < -0.4 is 26.7 Å². The summed E-state index contributed by atoms with van der Waals surface area (Å²) in [6, 6.07) is 16.7. The van der Waals surface area contributed by atoms with Gasteiger partial charge in [0.15, 0.2) is 5.75 Å². The van der Waals surface area contributed by atoms with Crippen LogP contribution in [-0.2, 0) is 50.6 Å². The molecule has 5 aromatic carbocycles. The average Bonchev–Trinajstić information content (AvgIpc) is 3.32. The Labute approximate surface area is 441 Å². The molecule has 0 saturated heterocycles. The second kappa shape index (κ2) is 21.8. The van der Waals surface area contributed by atoms with Crippen molar-refractivity contribution in [3.05, 3.63) is 119 Å². The zero-order valence-corrected chi connectivity index (χ0v) is 42.8. The van der Waals surface area contributed by atoms with Crippen molar-refractivity contribution in [3.8, 4) is 5.75 Å². The molecule has 12 N–H and O–H groups in total. The molecule has 7 rings (SSSR count). The van der Waals surface area contributed by atoms with Crippen molar-refractivity contribution in [1.82, 2.24) is 29.9 Å². The van der Waals surface area contributed by atoms with Gasteiger partial charge in [0.05, 0.1) is 37.3 Å². The van der Waals surface area contributed by atoms with Gasteiger partial charge in [-0.1, -0.05) is 36.4 Å². The molecule has 7 aromatic rings. The van der Waals surface area contributed by atoms with E-state index in [9.17, 15) is 79.9 Å². The van der Waals surface area contributed by atoms with Crippen LogP contribution in [0.4, 0.5) is 57.9 Å². The van der Waals surface area contributed by atoms with Crippen molar-refractivity contribution >= 4 is 144 Å². The fraction of sp³-hybridized carbons (Fsp3) is 0. The van der Waals surface area contributed by atoms with Gasteiger partial charge >= 0.3 is 5.97 Å². The summed E-state index contributed by atoms with van der Waals surface area (Å²) < 4.78 is 172. The Bertz CT molecular complexity index is 4210. The highest BCUT2D eigenvalue weighted by atomic mass is 35.5. The van der Waals surface area contributed by atoms with Crippen LogP contribution in [0.5, 0.6) is 5.75 Å². The number of aromatic carboxylic acids is 1. The molecule has 0 spiro atoms. The van der Waals surface area contributed by atoms with Crippen molar-refractivity contribution in [2.24, 2.45) is 15.3 Å². The van der Waals surface area contributed by atoms with Gasteiger partial charge in [-0.15, -0.1) is 10.2 Å². The molecule has 402 valence electrons. The van der Waals surface area contributed by atoms with Crippen LogP contribution in [0.1, 0.15) is 15.9 Å². The first kappa shape index (κ1) is 56.5. The second-order valence-corrected chi connectivity index (χ2v) is 22.4. The fourth-order valence-electron chi connectivity index (χ4n) is 6.15. The molecule has 2 heterocycles. The zero-order chi connectivity index (χ0) is 56.4. The number of aromatic nitrogens is 6. The molecule has 39 heteroatoms. The Kier molecular flexibility index (Phi) is 16.0. The number of phenols is 1. The summed E-state index contributed by atoms with van der Waals surface area (Å²) in [6.07, 6.45) is 0. The predicted molar refractivity (Wildman–Crippen MR) is 267 cm³/mol. The maximum absolute atomic E-state index is 12.8. The van der Waals surface area contributed by atoms with Crippen LogP contribution in [-0.4, -0.2) is 117 Å². The lowest BCUT2D eigenvalue weighted by molar-refractivity contribution is 0.0697. The number of nitrogens with zero attached hydrogens (tertiary/aromatic N) is 9. The molecule has 0 aliphatic heterocycles. The van der Waals surface area contributed by atoms with Crippen molar-refractivity contribution in [3.63, 3.8) is 0 Å².